The van der Waals surface area contributed by atoms with Crippen molar-refractivity contribution in [1.82, 2.24) is 4.98 Å². The summed E-state index contributed by atoms with van der Waals surface area (Å²) in [6.45, 7) is 3.83. The summed E-state index contributed by atoms with van der Waals surface area (Å²) in [6.07, 6.45) is -4.47. The van der Waals surface area contributed by atoms with E-state index in [0.29, 0.717) is 21.3 Å². The second kappa shape index (κ2) is 8.02. The Kier molecular flexibility index (Phi) is 5.69. The maximum Gasteiger partial charge on any atom is 0.416 e. The van der Waals surface area contributed by atoms with Crippen LogP contribution in [0.4, 0.5) is 18.9 Å². The van der Waals surface area contributed by atoms with Gasteiger partial charge in [-0.25, -0.2) is 4.98 Å². The number of hydrogen-bond donors (Lipinski definition) is 1. The van der Waals surface area contributed by atoms with Crippen LogP contribution in [-0.4, -0.2) is 10.9 Å². The molecule has 3 aromatic rings. The number of aryl methyl sites for hydroxylation is 2. The summed E-state index contributed by atoms with van der Waals surface area (Å²) in [7, 11) is 0. The molecule has 1 aromatic heterocycles. The molecule has 0 saturated carbocycles. The van der Waals surface area contributed by atoms with Crippen LogP contribution in [0.2, 0.25) is 0 Å². The Morgan fingerprint density at radius 2 is 1.89 bits per heavy atom. The van der Waals surface area contributed by atoms with Crippen molar-refractivity contribution in [1.29, 1.82) is 0 Å². The van der Waals surface area contributed by atoms with Crippen LogP contribution in [0.5, 0.6) is 5.75 Å². The van der Waals surface area contributed by atoms with Gasteiger partial charge in [-0.1, -0.05) is 18.2 Å². The van der Waals surface area contributed by atoms with Gasteiger partial charge in [-0.2, -0.15) is 13.2 Å². The van der Waals surface area contributed by atoms with E-state index in [1.165, 1.54) is 12.1 Å². The molecule has 1 amide bonds. The first-order chi connectivity index (χ1) is 13.2. The predicted octanol–water partition coefficient (Wildman–Crippen LogP) is 5.61. The van der Waals surface area contributed by atoms with E-state index in [2.05, 4.69) is 10.3 Å². The van der Waals surface area contributed by atoms with Crippen LogP contribution in [-0.2, 0) is 12.8 Å². The highest BCUT2D eigenvalue weighted by molar-refractivity contribution is 7.13. The van der Waals surface area contributed by atoms with Crippen LogP contribution in [0.25, 0.3) is 0 Å². The number of benzene rings is 2. The molecule has 1 N–H and O–H groups in total. The highest BCUT2D eigenvalue weighted by Crippen LogP contribution is 2.31. The predicted molar refractivity (Wildman–Crippen MR) is 102 cm³/mol. The summed E-state index contributed by atoms with van der Waals surface area (Å²) in [5.41, 5.74) is 0.815. The molecule has 3 rings (SSSR count). The lowest BCUT2D eigenvalue weighted by Gasteiger charge is -2.09. The van der Waals surface area contributed by atoms with Gasteiger partial charge in [-0.05, 0) is 49.7 Å². The first-order valence-electron chi connectivity index (χ1n) is 8.37. The fourth-order valence-electron chi connectivity index (χ4n) is 2.54. The number of anilines is 1. The highest BCUT2D eigenvalue weighted by Gasteiger charge is 2.30. The van der Waals surface area contributed by atoms with E-state index in [4.69, 9.17) is 4.74 Å². The minimum absolute atomic E-state index is 0.0742. The first kappa shape index (κ1) is 19.9. The number of thiazole rings is 1. The van der Waals surface area contributed by atoms with Gasteiger partial charge < -0.3 is 10.1 Å². The molecule has 8 heteroatoms. The first-order valence-corrected chi connectivity index (χ1v) is 9.18. The summed E-state index contributed by atoms with van der Waals surface area (Å²) in [6, 6.07) is 12.1. The normalized spacial score (nSPS) is 11.3. The molecule has 0 fully saturated rings. The zero-order valence-electron chi connectivity index (χ0n) is 15.1. The molecular weight excluding hydrogens is 389 g/mol. The Hall–Kier alpha value is -2.87. The second-order valence-electron chi connectivity index (χ2n) is 6.16. The van der Waals surface area contributed by atoms with E-state index < -0.39 is 17.6 Å². The number of nitrogens with zero attached hydrogens (tertiary/aromatic N) is 1. The number of nitrogens with one attached hydrogen (secondary N) is 1. The molecule has 0 aliphatic rings. The third-order valence-corrected chi connectivity index (χ3v) is 4.98. The maximum absolute atomic E-state index is 12.8. The van der Waals surface area contributed by atoms with Gasteiger partial charge in [0.25, 0.3) is 5.91 Å². The van der Waals surface area contributed by atoms with Crippen LogP contribution in [0.1, 0.15) is 31.5 Å². The van der Waals surface area contributed by atoms with Crippen molar-refractivity contribution < 1.29 is 22.7 Å². The summed E-state index contributed by atoms with van der Waals surface area (Å²) in [4.78, 5) is 17.1. The summed E-state index contributed by atoms with van der Waals surface area (Å²) in [5, 5.41) is 3.10. The molecule has 0 bridgehead atoms. The van der Waals surface area contributed by atoms with Gasteiger partial charge >= 0.3 is 6.18 Å². The van der Waals surface area contributed by atoms with E-state index in [0.717, 1.165) is 29.0 Å². The number of alkyl halides is 3. The zero-order valence-corrected chi connectivity index (χ0v) is 15.9. The minimum atomic E-state index is -4.47. The van der Waals surface area contributed by atoms with Crippen molar-refractivity contribution in [2.24, 2.45) is 0 Å². The molecular formula is C20H17F3N2O2S. The number of carbonyl (C=O) groups excluding carboxylic acids is 1. The molecule has 0 atom stereocenters. The number of carbonyl (C=O) groups is 1. The Morgan fingerprint density at radius 3 is 2.61 bits per heavy atom. The van der Waals surface area contributed by atoms with Gasteiger partial charge in [-0.15, -0.1) is 11.3 Å². The largest absolute Gasteiger partial charge is 0.486 e. The van der Waals surface area contributed by atoms with Gasteiger partial charge in [0, 0.05) is 5.69 Å². The fourth-order valence-corrected chi connectivity index (χ4v) is 3.41. The topological polar surface area (TPSA) is 51.2 Å². The Labute approximate surface area is 164 Å². The molecule has 0 spiro atoms. The lowest BCUT2D eigenvalue weighted by atomic mass is 10.2. The smallest absolute Gasteiger partial charge is 0.416 e. The summed E-state index contributed by atoms with van der Waals surface area (Å²) in [5.74, 6) is 0.193. The Balaban J connectivity index is 1.69. The standard InChI is InChI=1S/C20H17F3N2O2S/c1-12-5-3-8-16(9-12)27-11-17-24-13(2)18(28-17)19(26)25-15-7-4-6-14(10-15)20(21,22)23/h3-10H,11H2,1-2H3,(H,25,26). The maximum atomic E-state index is 12.8. The van der Waals surface area contributed by atoms with E-state index in [1.807, 2.05) is 31.2 Å². The average Bonchev–Trinajstić information content (AvgIpc) is 3.00. The van der Waals surface area contributed by atoms with E-state index in [-0.39, 0.29) is 12.3 Å². The summed E-state index contributed by atoms with van der Waals surface area (Å²) >= 11 is 1.15. The summed E-state index contributed by atoms with van der Waals surface area (Å²) < 4.78 is 44.1. The van der Waals surface area contributed by atoms with Gasteiger partial charge in [0.05, 0.1) is 11.3 Å². The highest BCUT2D eigenvalue weighted by atomic mass is 32.1. The second-order valence-corrected chi connectivity index (χ2v) is 7.24. The molecule has 4 nitrogen and oxygen atoms in total. The van der Waals surface area contributed by atoms with Crippen LogP contribution >= 0.6 is 11.3 Å². The molecule has 0 radical (unpaired) electrons. The van der Waals surface area contributed by atoms with Gasteiger partial charge in [0.2, 0.25) is 0 Å². The van der Waals surface area contributed by atoms with Crippen molar-refractivity contribution in [2.45, 2.75) is 26.6 Å². The third-order valence-electron chi connectivity index (χ3n) is 3.85. The van der Waals surface area contributed by atoms with E-state index in [1.54, 1.807) is 6.92 Å². The minimum Gasteiger partial charge on any atom is -0.486 e. The number of amides is 1. The molecule has 28 heavy (non-hydrogen) atoms. The average molecular weight is 406 g/mol. The lowest BCUT2D eigenvalue weighted by molar-refractivity contribution is -0.137. The van der Waals surface area contributed by atoms with Gasteiger partial charge in [-0.3, -0.25) is 4.79 Å². The molecule has 0 saturated heterocycles. The third kappa shape index (κ3) is 4.89. The number of hydrogen-bond acceptors (Lipinski definition) is 4. The number of aromatic nitrogens is 1. The molecule has 0 unspecified atom stereocenters. The van der Waals surface area contributed by atoms with E-state index in [9.17, 15) is 18.0 Å². The Morgan fingerprint density at radius 1 is 1.14 bits per heavy atom. The quantitative estimate of drug-likeness (QED) is 0.599. The van der Waals surface area contributed by atoms with Crippen LogP contribution < -0.4 is 10.1 Å². The Bertz CT molecular complexity index is 999. The van der Waals surface area contributed by atoms with Crippen molar-refractivity contribution >= 4 is 22.9 Å². The number of rotatable bonds is 5. The number of halogens is 3. The van der Waals surface area contributed by atoms with Crippen molar-refractivity contribution in [3.8, 4) is 5.75 Å². The molecule has 0 aliphatic heterocycles. The van der Waals surface area contributed by atoms with Crippen LogP contribution in [0, 0.1) is 13.8 Å². The van der Waals surface area contributed by atoms with Crippen LogP contribution in [0.3, 0.4) is 0 Å². The van der Waals surface area contributed by atoms with E-state index >= 15 is 0 Å². The van der Waals surface area contributed by atoms with Crippen molar-refractivity contribution in [3.05, 3.63) is 75.2 Å². The molecule has 2 aromatic carbocycles. The lowest BCUT2D eigenvalue weighted by Crippen LogP contribution is -2.13. The molecule has 146 valence electrons. The number of ether oxygens (including phenoxy) is 1. The van der Waals surface area contributed by atoms with Gasteiger partial charge in [0.15, 0.2) is 0 Å². The van der Waals surface area contributed by atoms with Crippen molar-refractivity contribution in [2.75, 3.05) is 5.32 Å². The van der Waals surface area contributed by atoms with Gasteiger partial charge in [0.1, 0.15) is 22.2 Å². The van der Waals surface area contributed by atoms with Crippen molar-refractivity contribution in [3.63, 3.8) is 0 Å². The molecule has 0 aliphatic carbocycles. The molecule has 1 heterocycles. The SMILES string of the molecule is Cc1cccc(OCc2nc(C)c(C(=O)Nc3cccc(C(F)(F)F)c3)s2)c1. The monoisotopic (exact) mass is 406 g/mol. The van der Waals surface area contributed by atoms with Crippen LogP contribution in [0.15, 0.2) is 48.5 Å². The zero-order chi connectivity index (χ0) is 20.3. The fraction of sp³-hybridized carbons (Fsp3) is 0.200.